The summed E-state index contributed by atoms with van der Waals surface area (Å²) in [5.41, 5.74) is 0.0983. The molecular weight excluding hydrogens is 462 g/mol. The molecule has 0 unspecified atom stereocenters. The van der Waals surface area contributed by atoms with E-state index in [2.05, 4.69) is 19.9 Å². The number of nitrogens with zero attached hydrogens (tertiary/aromatic N) is 5. The lowest BCUT2D eigenvalue weighted by Gasteiger charge is -2.14. The lowest BCUT2D eigenvalue weighted by molar-refractivity contribution is 0.173. The molecule has 0 saturated carbocycles. The lowest BCUT2D eigenvalue weighted by Crippen LogP contribution is -2.11. The second-order valence-corrected chi connectivity index (χ2v) is 7.97. The summed E-state index contributed by atoms with van der Waals surface area (Å²) in [4.78, 5) is 16.1. The van der Waals surface area contributed by atoms with E-state index >= 15 is 4.39 Å². The molecule has 14 heteroatoms. The third-order valence-corrected chi connectivity index (χ3v) is 5.54. The molecule has 0 bridgehead atoms. The monoisotopic (exact) mass is 478 g/mol. The number of rotatable bonds is 7. The van der Waals surface area contributed by atoms with Crippen molar-refractivity contribution in [1.29, 1.82) is 0 Å². The van der Waals surface area contributed by atoms with Crippen molar-refractivity contribution in [1.82, 2.24) is 24.5 Å². The Bertz CT molecular complexity index is 1420. The van der Waals surface area contributed by atoms with Gasteiger partial charge in [0.05, 0.1) is 37.2 Å². The van der Waals surface area contributed by atoms with E-state index in [1.165, 1.54) is 43.4 Å². The van der Waals surface area contributed by atoms with Crippen molar-refractivity contribution in [2.45, 2.75) is 4.90 Å². The van der Waals surface area contributed by atoms with Gasteiger partial charge >= 0.3 is 0 Å². The average molecular weight is 478 g/mol. The highest BCUT2D eigenvalue weighted by atomic mass is 32.2. The van der Waals surface area contributed by atoms with Crippen LogP contribution < -0.4 is 19.3 Å². The molecule has 0 aliphatic rings. The Kier molecular flexibility index (Phi) is 5.78. The highest BCUT2D eigenvalue weighted by molar-refractivity contribution is 7.89. The van der Waals surface area contributed by atoms with Crippen LogP contribution in [0.1, 0.15) is 0 Å². The number of hydrogen-bond donors (Lipinski definition) is 1. The zero-order valence-corrected chi connectivity index (χ0v) is 18.0. The van der Waals surface area contributed by atoms with E-state index in [1.54, 1.807) is 0 Å². The standard InChI is InChI=1S/C19H16F2N6O5S/c1-30-17-16(32-9-20)18(31-2)26-19(25-17)27-8-13(33(22,28)29)10-3-4-11(21)14(15(10)27)12-7-23-5-6-24-12/h3-8H,9H2,1-2H3,(H2,22,28,29). The molecule has 172 valence electrons. The maximum absolute atomic E-state index is 15.0. The minimum Gasteiger partial charge on any atom is -0.478 e. The summed E-state index contributed by atoms with van der Waals surface area (Å²) in [6, 6.07) is 2.35. The Balaban J connectivity index is 2.14. The first-order valence-corrected chi connectivity index (χ1v) is 10.7. The molecule has 0 amide bonds. The molecule has 33 heavy (non-hydrogen) atoms. The summed E-state index contributed by atoms with van der Waals surface area (Å²) in [6.45, 7) is -1.21. The number of hydrogen-bond acceptors (Lipinski definition) is 9. The van der Waals surface area contributed by atoms with E-state index < -0.39 is 22.7 Å². The van der Waals surface area contributed by atoms with Crippen LogP contribution in [0.25, 0.3) is 28.1 Å². The summed E-state index contributed by atoms with van der Waals surface area (Å²) < 4.78 is 68.8. The van der Waals surface area contributed by atoms with E-state index in [9.17, 15) is 12.8 Å². The normalized spacial score (nSPS) is 11.5. The highest BCUT2D eigenvalue weighted by Gasteiger charge is 2.26. The Labute approximate surface area is 185 Å². The molecule has 4 aromatic rings. The fourth-order valence-corrected chi connectivity index (χ4v) is 4.01. The minimum absolute atomic E-state index is 0.0443. The number of sulfonamides is 1. The number of benzene rings is 1. The van der Waals surface area contributed by atoms with E-state index in [0.29, 0.717) is 0 Å². The van der Waals surface area contributed by atoms with Crippen molar-refractivity contribution in [2.75, 3.05) is 21.1 Å². The number of nitrogens with two attached hydrogens (primary N) is 1. The van der Waals surface area contributed by atoms with E-state index in [0.717, 1.165) is 12.3 Å². The maximum Gasteiger partial charge on any atom is 0.266 e. The molecular formula is C19H16F2N6O5S. The van der Waals surface area contributed by atoms with Crippen molar-refractivity contribution in [2.24, 2.45) is 5.14 Å². The minimum atomic E-state index is -4.25. The Morgan fingerprint density at radius 3 is 2.36 bits per heavy atom. The van der Waals surface area contributed by atoms with Gasteiger partial charge in [-0.3, -0.25) is 14.5 Å². The van der Waals surface area contributed by atoms with E-state index in [1.807, 2.05) is 0 Å². The zero-order chi connectivity index (χ0) is 23.8. The van der Waals surface area contributed by atoms with E-state index in [4.69, 9.17) is 19.3 Å². The summed E-state index contributed by atoms with van der Waals surface area (Å²) in [5.74, 6) is -1.52. The van der Waals surface area contributed by atoms with Gasteiger partial charge in [0, 0.05) is 24.0 Å². The van der Waals surface area contributed by atoms with Gasteiger partial charge in [0.1, 0.15) is 10.7 Å². The molecule has 0 aliphatic heterocycles. The molecule has 11 nitrogen and oxygen atoms in total. The number of primary sulfonamides is 1. The summed E-state index contributed by atoms with van der Waals surface area (Å²) in [5, 5.41) is 5.49. The largest absolute Gasteiger partial charge is 0.478 e. The fraction of sp³-hybridized carbons (Fsp3) is 0.158. The third kappa shape index (κ3) is 3.89. The van der Waals surface area contributed by atoms with Crippen LogP contribution in [0.5, 0.6) is 17.5 Å². The van der Waals surface area contributed by atoms with Gasteiger partial charge in [0.2, 0.25) is 28.6 Å². The SMILES string of the molecule is COc1nc(-n2cc(S(N)(=O)=O)c3ccc(F)c(-c4cnccn4)c32)nc(OC)c1OCF. The van der Waals surface area contributed by atoms with Gasteiger partial charge in [-0.2, -0.15) is 9.97 Å². The molecule has 3 heterocycles. The second kappa shape index (κ2) is 8.55. The highest BCUT2D eigenvalue weighted by Crippen LogP contribution is 2.39. The van der Waals surface area contributed by atoms with Crippen LogP contribution in [0.4, 0.5) is 8.78 Å². The first-order valence-electron chi connectivity index (χ1n) is 9.12. The zero-order valence-electron chi connectivity index (χ0n) is 17.2. The number of fused-ring (bicyclic) bond motifs is 1. The molecule has 0 atom stereocenters. The van der Waals surface area contributed by atoms with Crippen molar-refractivity contribution in [3.8, 4) is 34.7 Å². The molecule has 2 N–H and O–H groups in total. The molecule has 0 radical (unpaired) electrons. The van der Waals surface area contributed by atoms with Gasteiger partial charge < -0.3 is 14.2 Å². The van der Waals surface area contributed by atoms with Gasteiger partial charge in [-0.05, 0) is 12.1 Å². The van der Waals surface area contributed by atoms with Crippen LogP contribution in [-0.4, -0.2) is 54.0 Å². The van der Waals surface area contributed by atoms with Crippen LogP contribution in [0, 0.1) is 5.82 Å². The van der Waals surface area contributed by atoms with Crippen LogP contribution in [0.3, 0.4) is 0 Å². The topological polar surface area (TPSA) is 144 Å². The summed E-state index contributed by atoms with van der Waals surface area (Å²) in [7, 11) is -1.74. The van der Waals surface area contributed by atoms with Gasteiger partial charge in [-0.15, -0.1) is 0 Å². The molecule has 0 aliphatic carbocycles. The van der Waals surface area contributed by atoms with Crippen molar-refractivity contribution in [3.05, 3.63) is 42.7 Å². The number of ether oxygens (including phenoxy) is 3. The molecule has 0 saturated heterocycles. The summed E-state index contributed by atoms with van der Waals surface area (Å²) in [6.07, 6.45) is 5.20. The predicted octanol–water partition coefficient (Wildman–Crippen LogP) is 1.99. The lowest BCUT2D eigenvalue weighted by atomic mass is 10.1. The van der Waals surface area contributed by atoms with Gasteiger partial charge in [0.25, 0.3) is 11.8 Å². The van der Waals surface area contributed by atoms with Crippen LogP contribution in [0.2, 0.25) is 0 Å². The van der Waals surface area contributed by atoms with Crippen LogP contribution in [-0.2, 0) is 10.0 Å². The molecule has 1 aromatic carbocycles. The van der Waals surface area contributed by atoms with Gasteiger partial charge in [0.15, 0.2) is 0 Å². The third-order valence-electron chi connectivity index (χ3n) is 4.60. The van der Waals surface area contributed by atoms with Crippen molar-refractivity contribution >= 4 is 20.9 Å². The smallest absolute Gasteiger partial charge is 0.266 e. The van der Waals surface area contributed by atoms with Gasteiger partial charge in [-0.25, -0.2) is 22.3 Å². The number of halogens is 2. The maximum atomic E-state index is 15.0. The van der Waals surface area contributed by atoms with Crippen molar-refractivity contribution < 1.29 is 31.4 Å². The first kappa shape index (κ1) is 22.3. The average Bonchev–Trinajstić information content (AvgIpc) is 3.20. The number of aromatic nitrogens is 5. The number of methoxy groups -OCH3 is 2. The molecule has 0 spiro atoms. The second-order valence-electron chi connectivity index (χ2n) is 6.44. The predicted molar refractivity (Wildman–Crippen MR) is 111 cm³/mol. The van der Waals surface area contributed by atoms with Crippen LogP contribution >= 0.6 is 0 Å². The molecule has 4 rings (SSSR count). The van der Waals surface area contributed by atoms with Gasteiger partial charge in [-0.1, -0.05) is 0 Å². The molecule has 3 aromatic heterocycles. The molecule has 0 fully saturated rings. The van der Waals surface area contributed by atoms with Crippen molar-refractivity contribution in [3.63, 3.8) is 0 Å². The Morgan fingerprint density at radius 2 is 1.82 bits per heavy atom. The quantitative estimate of drug-likeness (QED) is 0.421. The fourth-order valence-electron chi connectivity index (χ4n) is 3.29. The Morgan fingerprint density at radius 1 is 1.12 bits per heavy atom. The van der Waals surface area contributed by atoms with E-state index in [-0.39, 0.29) is 50.5 Å². The summed E-state index contributed by atoms with van der Waals surface area (Å²) >= 11 is 0. The first-order chi connectivity index (χ1) is 15.8. The van der Waals surface area contributed by atoms with Crippen LogP contribution in [0.15, 0.2) is 41.8 Å². The Hall–Kier alpha value is -3.91. The number of alkyl halides is 1.